The molecule has 0 spiro atoms. The predicted molar refractivity (Wildman–Crippen MR) is 92.0 cm³/mol. The van der Waals surface area contributed by atoms with Gasteiger partial charge in [-0.05, 0) is 62.7 Å². The Morgan fingerprint density at radius 1 is 1.36 bits per heavy atom. The van der Waals surface area contributed by atoms with Gasteiger partial charge in [-0.3, -0.25) is 9.69 Å². The molecule has 1 aromatic carbocycles. The molecule has 7 heteroatoms. The van der Waals surface area contributed by atoms with Crippen LogP contribution in [0.5, 0.6) is 0 Å². The number of oxazole rings is 1. The number of halogens is 1. The van der Waals surface area contributed by atoms with E-state index < -0.39 is 0 Å². The lowest BCUT2D eigenvalue weighted by atomic mass is 9.79. The number of benzene rings is 1. The van der Waals surface area contributed by atoms with Crippen molar-refractivity contribution in [2.24, 2.45) is 5.92 Å². The molecule has 1 N–H and O–H groups in total. The number of piperidine rings is 3. The summed E-state index contributed by atoms with van der Waals surface area (Å²) in [5.41, 5.74) is 0. The zero-order chi connectivity index (χ0) is 17.4. The van der Waals surface area contributed by atoms with E-state index in [0.29, 0.717) is 21.9 Å². The maximum Gasteiger partial charge on any atom is 0.307 e. The fraction of sp³-hybridized carbons (Fsp3) is 0.444. The second-order valence-electron chi connectivity index (χ2n) is 6.63. The molecule has 0 radical (unpaired) electrons. The van der Waals surface area contributed by atoms with E-state index in [1.807, 2.05) is 0 Å². The fourth-order valence-electron chi connectivity index (χ4n) is 3.81. The molecule has 0 saturated carbocycles. The first-order valence-electron chi connectivity index (χ1n) is 8.55. The third kappa shape index (κ3) is 3.30. The van der Waals surface area contributed by atoms with Gasteiger partial charge in [0.15, 0.2) is 5.09 Å². The Morgan fingerprint density at radius 2 is 2.12 bits per heavy atom. The van der Waals surface area contributed by atoms with Crippen LogP contribution in [-0.4, -0.2) is 41.0 Å². The lowest BCUT2D eigenvalue weighted by Crippen LogP contribution is -2.62. The maximum absolute atomic E-state index is 13.7. The van der Waals surface area contributed by atoms with E-state index >= 15 is 0 Å². The summed E-state index contributed by atoms with van der Waals surface area (Å²) in [6.07, 6.45) is 3.70. The van der Waals surface area contributed by atoms with Crippen molar-refractivity contribution >= 4 is 17.7 Å². The zero-order valence-electron chi connectivity index (χ0n) is 13.9. The van der Waals surface area contributed by atoms with E-state index in [1.54, 1.807) is 18.2 Å². The van der Waals surface area contributed by atoms with Crippen LogP contribution >= 0.6 is 11.8 Å². The number of aromatic nitrogens is 1. The van der Waals surface area contributed by atoms with Crippen molar-refractivity contribution in [1.29, 1.82) is 0 Å². The van der Waals surface area contributed by atoms with E-state index in [0.717, 1.165) is 37.7 Å². The van der Waals surface area contributed by atoms with Gasteiger partial charge in [0.2, 0.25) is 0 Å². The largest absolute Gasteiger partial charge is 0.425 e. The van der Waals surface area contributed by atoms with Crippen LogP contribution in [0.2, 0.25) is 0 Å². The highest BCUT2D eigenvalue weighted by Crippen LogP contribution is 2.33. The first-order valence-corrected chi connectivity index (χ1v) is 9.36. The molecule has 2 aromatic rings. The molecule has 1 aromatic heterocycles. The van der Waals surface area contributed by atoms with E-state index in [1.165, 1.54) is 12.3 Å². The van der Waals surface area contributed by atoms with Gasteiger partial charge in [-0.1, -0.05) is 12.1 Å². The number of hydrogen-bond acceptors (Lipinski definition) is 5. The standard InChI is InChI=1S/C18H20FN3O2S/c1-11-16(12-6-8-22(11)9-7-12)21-17(23)18-20-10-15(24-18)25-14-5-3-2-4-13(14)19/h2-5,10-12,16H,6-9H2,1H3,(H,21,23)/t11-,16-/m0/s1. The minimum absolute atomic E-state index is 0.0301. The Kier molecular flexibility index (Phi) is 4.52. The van der Waals surface area contributed by atoms with E-state index in [4.69, 9.17) is 4.42 Å². The SMILES string of the molecule is C[C@H]1[C@H](NC(=O)c2ncc(Sc3ccccc3F)o2)C2CCN1CC2. The van der Waals surface area contributed by atoms with Crippen LogP contribution in [0, 0.1) is 11.7 Å². The van der Waals surface area contributed by atoms with E-state index in [2.05, 4.69) is 22.1 Å². The Labute approximate surface area is 150 Å². The van der Waals surface area contributed by atoms with Crippen molar-refractivity contribution in [3.63, 3.8) is 0 Å². The van der Waals surface area contributed by atoms with Crippen molar-refractivity contribution in [3.8, 4) is 0 Å². The van der Waals surface area contributed by atoms with Gasteiger partial charge >= 0.3 is 5.91 Å². The molecular weight excluding hydrogens is 341 g/mol. The molecule has 132 valence electrons. The topological polar surface area (TPSA) is 58.4 Å². The Bertz CT molecular complexity index is 771. The zero-order valence-corrected chi connectivity index (χ0v) is 14.8. The third-order valence-electron chi connectivity index (χ3n) is 5.20. The van der Waals surface area contributed by atoms with Crippen LogP contribution in [0.15, 0.2) is 44.9 Å². The summed E-state index contributed by atoms with van der Waals surface area (Å²) in [5, 5.41) is 3.48. The van der Waals surface area contributed by atoms with Gasteiger partial charge in [0.05, 0.1) is 11.1 Å². The molecule has 3 fully saturated rings. The molecular formula is C18H20FN3O2S. The predicted octanol–water partition coefficient (Wildman–Crippen LogP) is 3.18. The maximum atomic E-state index is 13.7. The Hall–Kier alpha value is -1.86. The van der Waals surface area contributed by atoms with Crippen molar-refractivity contribution in [1.82, 2.24) is 15.2 Å². The average Bonchev–Trinajstić information content (AvgIpc) is 3.09. The summed E-state index contributed by atoms with van der Waals surface area (Å²) in [4.78, 5) is 19.4. The summed E-state index contributed by atoms with van der Waals surface area (Å²) in [7, 11) is 0. The highest BCUT2D eigenvalue weighted by atomic mass is 32.2. The van der Waals surface area contributed by atoms with Gasteiger partial charge in [0.1, 0.15) is 5.82 Å². The highest BCUT2D eigenvalue weighted by molar-refractivity contribution is 7.99. The molecule has 2 bridgehead atoms. The molecule has 5 rings (SSSR count). The summed E-state index contributed by atoms with van der Waals surface area (Å²) >= 11 is 1.12. The smallest absolute Gasteiger partial charge is 0.307 e. The molecule has 0 aliphatic carbocycles. The van der Waals surface area contributed by atoms with Gasteiger partial charge in [-0.15, -0.1) is 0 Å². The van der Waals surface area contributed by atoms with Crippen LogP contribution in [0.3, 0.4) is 0 Å². The molecule has 3 aliphatic rings. The number of rotatable bonds is 4. The normalized spacial score (nSPS) is 28.1. The van der Waals surface area contributed by atoms with Crippen molar-refractivity contribution < 1.29 is 13.6 Å². The quantitative estimate of drug-likeness (QED) is 0.906. The number of amides is 1. The monoisotopic (exact) mass is 361 g/mol. The van der Waals surface area contributed by atoms with Gasteiger partial charge in [0.25, 0.3) is 5.89 Å². The molecule has 3 saturated heterocycles. The summed E-state index contributed by atoms with van der Waals surface area (Å²) < 4.78 is 19.2. The second kappa shape index (κ2) is 6.80. The minimum atomic E-state index is -0.323. The van der Waals surface area contributed by atoms with Crippen LogP contribution < -0.4 is 5.32 Å². The van der Waals surface area contributed by atoms with Crippen molar-refractivity contribution in [2.75, 3.05) is 13.1 Å². The fourth-order valence-corrected chi connectivity index (χ4v) is 4.56. The van der Waals surface area contributed by atoms with Crippen LogP contribution in [0.25, 0.3) is 0 Å². The first-order chi connectivity index (χ1) is 12.1. The molecule has 4 heterocycles. The summed E-state index contributed by atoms with van der Waals surface area (Å²) in [6, 6.07) is 6.90. The van der Waals surface area contributed by atoms with Crippen LogP contribution in [-0.2, 0) is 0 Å². The lowest BCUT2D eigenvalue weighted by molar-refractivity contribution is 0.0209. The number of carbonyl (C=O) groups excluding carboxylic acids is 1. The Morgan fingerprint density at radius 3 is 2.84 bits per heavy atom. The van der Waals surface area contributed by atoms with Gasteiger partial charge in [0, 0.05) is 12.1 Å². The Balaban J connectivity index is 1.43. The number of nitrogens with zero attached hydrogens (tertiary/aromatic N) is 2. The second-order valence-corrected chi connectivity index (χ2v) is 7.68. The number of fused-ring (bicyclic) bond motifs is 3. The van der Waals surface area contributed by atoms with Gasteiger partial charge < -0.3 is 9.73 Å². The van der Waals surface area contributed by atoms with Gasteiger partial charge in [-0.25, -0.2) is 9.37 Å². The number of nitrogens with one attached hydrogen (secondary N) is 1. The van der Waals surface area contributed by atoms with Crippen molar-refractivity contribution in [2.45, 2.75) is 41.8 Å². The number of carbonyl (C=O) groups is 1. The average molecular weight is 361 g/mol. The molecule has 3 aliphatic heterocycles. The highest BCUT2D eigenvalue weighted by Gasteiger charge is 2.40. The first kappa shape index (κ1) is 16.6. The van der Waals surface area contributed by atoms with Crippen molar-refractivity contribution in [3.05, 3.63) is 42.2 Å². The van der Waals surface area contributed by atoms with Crippen LogP contribution in [0.4, 0.5) is 4.39 Å². The molecule has 1 amide bonds. The third-order valence-corrected chi connectivity index (χ3v) is 6.14. The molecule has 25 heavy (non-hydrogen) atoms. The minimum Gasteiger partial charge on any atom is -0.425 e. The molecule has 2 atom stereocenters. The van der Waals surface area contributed by atoms with Gasteiger partial charge in [-0.2, -0.15) is 0 Å². The van der Waals surface area contributed by atoms with Crippen LogP contribution in [0.1, 0.15) is 30.5 Å². The lowest BCUT2D eigenvalue weighted by Gasteiger charge is -2.49. The summed E-state index contributed by atoms with van der Waals surface area (Å²) in [6.45, 7) is 4.38. The van der Waals surface area contributed by atoms with E-state index in [-0.39, 0.29) is 23.7 Å². The van der Waals surface area contributed by atoms with E-state index in [9.17, 15) is 9.18 Å². The molecule has 5 nitrogen and oxygen atoms in total. The number of hydrogen-bond donors (Lipinski definition) is 1. The summed E-state index contributed by atoms with van der Waals surface area (Å²) in [5.74, 6) is -0.0735. The molecule has 0 unspecified atom stereocenters.